The van der Waals surface area contributed by atoms with Crippen LogP contribution >= 0.6 is 0 Å². The minimum atomic E-state index is -0.935. The highest BCUT2D eigenvalue weighted by atomic mass is 16.4. The number of urea groups is 1. The number of carboxylic acid groups (broad SMARTS) is 1. The first kappa shape index (κ1) is 16.8. The Labute approximate surface area is 121 Å². The monoisotopic (exact) mass is 285 g/mol. The number of nitrogens with zero attached hydrogens (tertiary/aromatic N) is 2. The van der Waals surface area contributed by atoms with Crippen LogP contribution in [0.15, 0.2) is 0 Å². The maximum atomic E-state index is 12.0. The van der Waals surface area contributed by atoms with Crippen LogP contribution in [0.1, 0.15) is 27.7 Å². The molecule has 20 heavy (non-hydrogen) atoms. The van der Waals surface area contributed by atoms with Gasteiger partial charge in [0.1, 0.15) is 0 Å². The Hall–Kier alpha value is -1.30. The van der Waals surface area contributed by atoms with Crippen LogP contribution in [0, 0.1) is 11.3 Å². The minimum Gasteiger partial charge on any atom is -0.481 e. The Morgan fingerprint density at radius 3 is 2.20 bits per heavy atom. The van der Waals surface area contributed by atoms with Gasteiger partial charge < -0.3 is 15.3 Å². The van der Waals surface area contributed by atoms with Crippen molar-refractivity contribution >= 4 is 12.0 Å². The van der Waals surface area contributed by atoms with Gasteiger partial charge in [0.15, 0.2) is 0 Å². The summed E-state index contributed by atoms with van der Waals surface area (Å²) in [5, 5.41) is 11.7. The van der Waals surface area contributed by atoms with Gasteiger partial charge in [-0.15, -0.1) is 0 Å². The summed E-state index contributed by atoms with van der Waals surface area (Å²) in [5.74, 6) is -0.272. The van der Waals surface area contributed by atoms with E-state index in [0.29, 0.717) is 19.0 Å². The molecule has 1 rings (SSSR count). The summed E-state index contributed by atoms with van der Waals surface area (Å²) in [7, 11) is 0. The molecule has 1 aliphatic heterocycles. The molecule has 1 fully saturated rings. The van der Waals surface area contributed by atoms with Crippen molar-refractivity contribution in [2.24, 2.45) is 11.3 Å². The molecular weight excluding hydrogens is 258 g/mol. The summed E-state index contributed by atoms with van der Waals surface area (Å²) in [6.07, 6.45) is 0. The van der Waals surface area contributed by atoms with Crippen molar-refractivity contribution in [3.05, 3.63) is 0 Å². The van der Waals surface area contributed by atoms with Crippen molar-refractivity contribution in [3.63, 3.8) is 0 Å². The molecule has 6 nitrogen and oxygen atoms in total. The van der Waals surface area contributed by atoms with Gasteiger partial charge in [0.05, 0.1) is 5.41 Å². The van der Waals surface area contributed by atoms with Gasteiger partial charge in [0.2, 0.25) is 0 Å². The van der Waals surface area contributed by atoms with E-state index in [9.17, 15) is 9.59 Å². The third kappa shape index (κ3) is 5.00. The zero-order valence-corrected chi connectivity index (χ0v) is 13.0. The number of hydrogen-bond acceptors (Lipinski definition) is 3. The van der Waals surface area contributed by atoms with Gasteiger partial charge in [-0.05, 0) is 19.8 Å². The summed E-state index contributed by atoms with van der Waals surface area (Å²) in [6.45, 7) is 12.0. The fourth-order valence-electron chi connectivity index (χ4n) is 2.13. The molecule has 0 spiro atoms. The Morgan fingerprint density at radius 1 is 1.20 bits per heavy atom. The maximum absolute atomic E-state index is 12.0. The van der Waals surface area contributed by atoms with Crippen LogP contribution in [0.4, 0.5) is 4.79 Å². The molecule has 0 bridgehead atoms. The average molecular weight is 285 g/mol. The number of rotatable bonds is 5. The van der Waals surface area contributed by atoms with E-state index in [1.807, 2.05) is 0 Å². The second-order valence-electron chi connectivity index (χ2n) is 6.53. The van der Waals surface area contributed by atoms with Crippen molar-refractivity contribution in [3.8, 4) is 0 Å². The van der Waals surface area contributed by atoms with Crippen LogP contribution in [-0.4, -0.2) is 66.2 Å². The molecule has 0 unspecified atom stereocenters. The van der Waals surface area contributed by atoms with Crippen molar-refractivity contribution in [1.29, 1.82) is 0 Å². The van der Waals surface area contributed by atoms with Gasteiger partial charge in [-0.25, -0.2) is 4.79 Å². The average Bonchev–Trinajstić information content (AvgIpc) is 2.36. The molecule has 0 aromatic heterocycles. The Morgan fingerprint density at radius 2 is 1.75 bits per heavy atom. The van der Waals surface area contributed by atoms with Crippen molar-refractivity contribution < 1.29 is 14.7 Å². The lowest BCUT2D eigenvalue weighted by Gasteiger charge is -2.35. The molecule has 0 aromatic carbocycles. The molecule has 6 heteroatoms. The first-order valence-corrected chi connectivity index (χ1v) is 7.21. The van der Waals surface area contributed by atoms with E-state index >= 15 is 0 Å². The molecule has 2 N–H and O–H groups in total. The first-order valence-electron chi connectivity index (χ1n) is 7.21. The molecular formula is C14H27N3O3. The maximum Gasteiger partial charge on any atom is 0.317 e. The summed E-state index contributed by atoms with van der Waals surface area (Å²) in [6, 6.07) is -0.163. The van der Waals surface area contributed by atoms with E-state index in [0.717, 1.165) is 19.6 Å². The molecule has 1 heterocycles. The van der Waals surface area contributed by atoms with Crippen LogP contribution in [-0.2, 0) is 4.79 Å². The van der Waals surface area contributed by atoms with E-state index in [1.165, 1.54) is 0 Å². The molecule has 116 valence electrons. The van der Waals surface area contributed by atoms with Crippen LogP contribution in [0.2, 0.25) is 0 Å². The van der Waals surface area contributed by atoms with Gasteiger partial charge in [-0.1, -0.05) is 13.8 Å². The fraction of sp³-hybridized carbons (Fsp3) is 0.857. The number of carbonyl (C=O) groups excluding carboxylic acids is 1. The quantitative estimate of drug-likeness (QED) is 0.793. The first-order chi connectivity index (χ1) is 9.22. The second kappa shape index (κ2) is 6.92. The highest BCUT2D eigenvalue weighted by molar-refractivity contribution is 5.77. The zero-order chi connectivity index (χ0) is 15.3. The Balaban J connectivity index is 2.34. The predicted octanol–water partition coefficient (Wildman–Crippen LogP) is 1.08. The topological polar surface area (TPSA) is 72.9 Å². The minimum absolute atomic E-state index is 0.146. The number of piperazine rings is 1. The van der Waals surface area contributed by atoms with E-state index in [1.54, 1.807) is 18.7 Å². The van der Waals surface area contributed by atoms with Crippen molar-refractivity contribution in [1.82, 2.24) is 15.1 Å². The third-order valence-electron chi connectivity index (χ3n) is 3.54. The molecule has 1 saturated heterocycles. The molecule has 0 radical (unpaired) electrons. The van der Waals surface area contributed by atoms with Crippen molar-refractivity contribution in [2.45, 2.75) is 27.7 Å². The molecule has 0 atom stereocenters. The number of nitrogens with one attached hydrogen (secondary N) is 1. The normalized spacial score (nSPS) is 17.4. The van der Waals surface area contributed by atoms with Crippen molar-refractivity contribution in [2.75, 3.05) is 39.3 Å². The van der Waals surface area contributed by atoms with Gasteiger partial charge in [-0.2, -0.15) is 0 Å². The van der Waals surface area contributed by atoms with Gasteiger partial charge in [0, 0.05) is 39.3 Å². The Kier molecular flexibility index (Phi) is 5.80. The molecule has 0 aliphatic carbocycles. The number of hydrogen-bond donors (Lipinski definition) is 2. The summed E-state index contributed by atoms with van der Waals surface area (Å²) >= 11 is 0. The van der Waals surface area contributed by atoms with Crippen LogP contribution < -0.4 is 5.32 Å². The SMILES string of the molecule is CC(C)CN1CCN(C(=O)NCC(C)(C)C(=O)O)CC1. The lowest BCUT2D eigenvalue weighted by Crippen LogP contribution is -2.53. The van der Waals surface area contributed by atoms with Gasteiger partial charge in [0.25, 0.3) is 0 Å². The van der Waals surface area contributed by atoms with Crippen LogP contribution in [0.3, 0.4) is 0 Å². The number of amides is 2. The molecule has 1 aliphatic rings. The molecule has 0 aromatic rings. The number of carboxylic acids is 1. The van der Waals surface area contributed by atoms with E-state index in [-0.39, 0.29) is 12.6 Å². The lowest BCUT2D eigenvalue weighted by molar-refractivity contribution is -0.146. The predicted molar refractivity (Wildman–Crippen MR) is 77.7 cm³/mol. The summed E-state index contributed by atoms with van der Waals surface area (Å²) < 4.78 is 0. The van der Waals surface area contributed by atoms with Crippen LogP contribution in [0.25, 0.3) is 0 Å². The second-order valence-corrected chi connectivity index (χ2v) is 6.53. The van der Waals surface area contributed by atoms with E-state index in [4.69, 9.17) is 5.11 Å². The van der Waals surface area contributed by atoms with E-state index in [2.05, 4.69) is 24.1 Å². The lowest BCUT2D eigenvalue weighted by atomic mass is 9.94. The van der Waals surface area contributed by atoms with Gasteiger partial charge >= 0.3 is 12.0 Å². The highest BCUT2D eigenvalue weighted by Crippen LogP contribution is 2.13. The molecule has 2 amide bonds. The smallest absolute Gasteiger partial charge is 0.317 e. The molecule has 0 saturated carbocycles. The highest BCUT2D eigenvalue weighted by Gasteiger charge is 2.29. The number of carbonyl (C=O) groups is 2. The fourth-order valence-corrected chi connectivity index (χ4v) is 2.13. The number of aliphatic carboxylic acids is 1. The summed E-state index contributed by atoms with van der Waals surface area (Å²) in [5.41, 5.74) is -0.935. The van der Waals surface area contributed by atoms with Gasteiger partial charge in [-0.3, -0.25) is 9.69 Å². The van der Waals surface area contributed by atoms with Crippen LogP contribution in [0.5, 0.6) is 0 Å². The third-order valence-corrected chi connectivity index (χ3v) is 3.54. The zero-order valence-electron chi connectivity index (χ0n) is 13.0. The van der Waals surface area contributed by atoms with E-state index < -0.39 is 11.4 Å². The standard InChI is InChI=1S/C14H27N3O3/c1-11(2)9-16-5-7-17(8-6-16)13(20)15-10-14(3,4)12(18)19/h11H,5-10H2,1-4H3,(H,15,20)(H,18,19). The Bertz CT molecular complexity index is 348. The largest absolute Gasteiger partial charge is 0.481 e. The summed E-state index contributed by atoms with van der Waals surface area (Å²) in [4.78, 5) is 27.1.